The Hall–Kier alpha value is -2.10. The first-order valence-electron chi connectivity index (χ1n) is 9.67. The monoisotopic (exact) mass is 354 g/mol. The third kappa shape index (κ3) is 4.17. The molecule has 1 saturated carbocycles. The first-order valence-corrected chi connectivity index (χ1v) is 9.67. The third-order valence-corrected chi connectivity index (χ3v) is 5.31. The predicted octanol–water partition coefficient (Wildman–Crippen LogP) is 4.81. The third-order valence-electron chi connectivity index (χ3n) is 5.31. The highest BCUT2D eigenvalue weighted by Crippen LogP contribution is 2.30. The molecule has 0 spiro atoms. The normalized spacial score (nSPS) is 20.9. The number of aromatic nitrogens is 1. The average molecular weight is 354 g/mol. The van der Waals surface area contributed by atoms with Gasteiger partial charge >= 0.3 is 0 Å². The topological polar surface area (TPSA) is 51.1 Å². The lowest BCUT2D eigenvalue weighted by atomic mass is 9.82. The van der Waals surface area contributed by atoms with E-state index in [0.717, 1.165) is 42.7 Å². The lowest BCUT2D eigenvalue weighted by Crippen LogP contribution is -2.28. The standard InChI is InChI=1S/C22H30N2O2/c1-15-8-10-16(11-9-15)20(25)23-19-7-5-6-18-17(19)12-13-24(21(18)26)14-22(2,3)4/h5-7,12-13,15-16H,8-11,14H2,1-4H3,(H,23,25). The van der Waals surface area contributed by atoms with Crippen LogP contribution in [-0.2, 0) is 11.3 Å². The maximum atomic E-state index is 12.8. The summed E-state index contributed by atoms with van der Waals surface area (Å²) in [5.41, 5.74) is 0.771. The molecule has 4 nitrogen and oxygen atoms in total. The van der Waals surface area contributed by atoms with Crippen molar-refractivity contribution in [2.75, 3.05) is 5.32 Å². The second-order valence-electron chi connectivity index (χ2n) is 9.02. The maximum Gasteiger partial charge on any atom is 0.258 e. The van der Waals surface area contributed by atoms with Gasteiger partial charge in [0.2, 0.25) is 5.91 Å². The van der Waals surface area contributed by atoms with Crippen LogP contribution in [-0.4, -0.2) is 10.5 Å². The zero-order valence-electron chi connectivity index (χ0n) is 16.3. The van der Waals surface area contributed by atoms with Crippen molar-refractivity contribution >= 4 is 22.4 Å². The first kappa shape index (κ1) is 18.7. The van der Waals surface area contributed by atoms with E-state index in [2.05, 4.69) is 33.0 Å². The van der Waals surface area contributed by atoms with Crippen LogP contribution in [0.5, 0.6) is 0 Å². The molecule has 0 atom stereocenters. The van der Waals surface area contributed by atoms with Gasteiger partial charge in [0.15, 0.2) is 0 Å². The van der Waals surface area contributed by atoms with E-state index in [1.807, 2.05) is 30.5 Å². The molecule has 4 heteroatoms. The second kappa shape index (κ2) is 7.26. The molecular weight excluding hydrogens is 324 g/mol. The number of pyridine rings is 1. The fourth-order valence-corrected chi connectivity index (χ4v) is 3.82. The Morgan fingerprint density at radius 3 is 2.46 bits per heavy atom. The molecule has 1 aromatic carbocycles. The summed E-state index contributed by atoms with van der Waals surface area (Å²) in [4.78, 5) is 25.5. The molecule has 1 aromatic heterocycles. The zero-order chi connectivity index (χ0) is 18.9. The lowest BCUT2D eigenvalue weighted by molar-refractivity contribution is -0.121. The number of hydrogen-bond acceptors (Lipinski definition) is 2. The van der Waals surface area contributed by atoms with Gasteiger partial charge < -0.3 is 9.88 Å². The van der Waals surface area contributed by atoms with E-state index in [1.54, 1.807) is 4.57 Å². The number of hydrogen-bond donors (Lipinski definition) is 1. The summed E-state index contributed by atoms with van der Waals surface area (Å²) in [5, 5.41) is 4.56. The van der Waals surface area contributed by atoms with Gasteiger partial charge in [-0.2, -0.15) is 0 Å². The summed E-state index contributed by atoms with van der Waals surface area (Å²) in [6.45, 7) is 9.27. The molecule has 0 bridgehead atoms. The number of fused-ring (bicyclic) bond motifs is 1. The minimum atomic E-state index is 0.0000140. The quantitative estimate of drug-likeness (QED) is 0.860. The molecule has 1 heterocycles. The highest BCUT2D eigenvalue weighted by Gasteiger charge is 2.24. The molecule has 0 radical (unpaired) electrons. The smallest absolute Gasteiger partial charge is 0.258 e. The number of nitrogens with one attached hydrogen (secondary N) is 1. The van der Waals surface area contributed by atoms with Gasteiger partial charge in [-0.1, -0.05) is 33.8 Å². The minimum absolute atomic E-state index is 0.0000140. The summed E-state index contributed by atoms with van der Waals surface area (Å²) in [7, 11) is 0. The summed E-state index contributed by atoms with van der Waals surface area (Å²) >= 11 is 0. The van der Waals surface area contributed by atoms with Crippen molar-refractivity contribution in [3.8, 4) is 0 Å². The van der Waals surface area contributed by atoms with Gasteiger partial charge in [-0.3, -0.25) is 9.59 Å². The maximum absolute atomic E-state index is 12.8. The molecular formula is C22H30N2O2. The molecule has 1 N–H and O–H groups in total. The van der Waals surface area contributed by atoms with E-state index in [4.69, 9.17) is 0 Å². The molecule has 1 amide bonds. The Kier molecular flexibility index (Phi) is 5.22. The number of rotatable bonds is 3. The number of carbonyl (C=O) groups is 1. The molecule has 1 aliphatic rings. The van der Waals surface area contributed by atoms with Crippen molar-refractivity contribution in [2.45, 2.75) is 59.9 Å². The van der Waals surface area contributed by atoms with Crippen LogP contribution in [0.25, 0.3) is 10.8 Å². The average Bonchev–Trinajstić information content (AvgIpc) is 2.57. The Labute approximate surface area is 155 Å². The number of benzene rings is 1. The van der Waals surface area contributed by atoms with Gasteiger partial charge in [-0.15, -0.1) is 0 Å². The largest absolute Gasteiger partial charge is 0.325 e. The lowest BCUT2D eigenvalue weighted by Gasteiger charge is -2.25. The molecule has 0 aliphatic heterocycles. The van der Waals surface area contributed by atoms with Gasteiger partial charge in [-0.05, 0) is 55.2 Å². The zero-order valence-corrected chi connectivity index (χ0v) is 16.3. The molecule has 0 saturated heterocycles. The van der Waals surface area contributed by atoms with Crippen molar-refractivity contribution < 1.29 is 4.79 Å². The molecule has 1 aliphatic carbocycles. The Morgan fingerprint density at radius 2 is 1.81 bits per heavy atom. The second-order valence-corrected chi connectivity index (χ2v) is 9.02. The summed E-state index contributed by atoms with van der Waals surface area (Å²) < 4.78 is 1.76. The van der Waals surface area contributed by atoms with Crippen LogP contribution in [0, 0.1) is 17.3 Å². The van der Waals surface area contributed by atoms with Gasteiger partial charge in [0.25, 0.3) is 5.56 Å². The van der Waals surface area contributed by atoms with Gasteiger partial charge in [0.05, 0.1) is 0 Å². The molecule has 1 fully saturated rings. The van der Waals surface area contributed by atoms with E-state index < -0.39 is 0 Å². The van der Waals surface area contributed by atoms with Crippen molar-refractivity contribution in [3.63, 3.8) is 0 Å². The van der Waals surface area contributed by atoms with E-state index in [-0.39, 0.29) is 22.8 Å². The number of anilines is 1. The summed E-state index contributed by atoms with van der Waals surface area (Å²) in [5.74, 6) is 0.892. The van der Waals surface area contributed by atoms with Crippen molar-refractivity contribution in [3.05, 3.63) is 40.8 Å². The molecule has 3 rings (SSSR count). The van der Waals surface area contributed by atoms with E-state index in [0.29, 0.717) is 11.9 Å². The van der Waals surface area contributed by atoms with Gasteiger partial charge in [0.1, 0.15) is 0 Å². The van der Waals surface area contributed by atoms with Crippen LogP contribution in [0.1, 0.15) is 53.4 Å². The fraction of sp³-hybridized carbons (Fsp3) is 0.545. The molecule has 140 valence electrons. The number of nitrogens with zero attached hydrogens (tertiary/aromatic N) is 1. The van der Waals surface area contributed by atoms with E-state index in [9.17, 15) is 9.59 Å². The van der Waals surface area contributed by atoms with Crippen LogP contribution in [0.4, 0.5) is 5.69 Å². The SMILES string of the molecule is CC1CCC(C(=O)Nc2cccc3c(=O)n(CC(C)(C)C)ccc23)CC1. The Bertz CT molecular complexity index is 853. The highest BCUT2D eigenvalue weighted by molar-refractivity contribution is 6.02. The Balaban J connectivity index is 1.87. The van der Waals surface area contributed by atoms with Gasteiger partial charge in [-0.25, -0.2) is 0 Å². The van der Waals surface area contributed by atoms with Crippen molar-refractivity contribution in [1.29, 1.82) is 0 Å². The summed E-state index contributed by atoms with van der Waals surface area (Å²) in [6, 6.07) is 7.53. The van der Waals surface area contributed by atoms with Crippen molar-refractivity contribution in [1.82, 2.24) is 4.57 Å². The Morgan fingerprint density at radius 1 is 1.12 bits per heavy atom. The van der Waals surface area contributed by atoms with Gasteiger partial charge in [0, 0.05) is 35.1 Å². The van der Waals surface area contributed by atoms with Crippen molar-refractivity contribution in [2.24, 2.45) is 17.3 Å². The van der Waals surface area contributed by atoms with Crippen LogP contribution in [0.2, 0.25) is 0 Å². The molecule has 0 unspecified atom stereocenters. The number of carbonyl (C=O) groups excluding carboxylic acids is 1. The molecule has 26 heavy (non-hydrogen) atoms. The van der Waals surface area contributed by atoms with E-state index in [1.165, 1.54) is 0 Å². The molecule has 2 aromatic rings. The fourth-order valence-electron chi connectivity index (χ4n) is 3.82. The van der Waals surface area contributed by atoms with E-state index >= 15 is 0 Å². The number of amides is 1. The first-order chi connectivity index (χ1) is 12.2. The minimum Gasteiger partial charge on any atom is -0.325 e. The highest BCUT2D eigenvalue weighted by atomic mass is 16.2. The van der Waals surface area contributed by atoms with Crippen LogP contribution in [0.3, 0.4) is 0 Å². The predicted molar refractivity (Wildman–Crippen MR) is 107 cm³/mol. The van der Waals surface area contributed by atoms with Crippen LogP contribution >= 0.6 is 0 Å². The van der Waals surface area contributed by atoms with Crippen LogP contribution < -0.4 is 10.9 Å². The van der Waals surface area contributed by atoms with Crippen LogP contribution in [0.15, 0.2) is 35.3 Å². The summed E-state index contributed by atoms with van der Waals surface area (Å²) in [6.07, 6.45) is 5.98.